The molecule has 0 amide bonds. The minimum Gasteiger partial charge on any atom is -0.302 e. The van der Waals surface area contributed by atoms with E-state index in [0.29, 0.717) is 11.8 Å². The molecule has 0 aromatic carbocycles. The van der Waals surface area contributed by atoms with Gasteiger partial charge in [-0.2, -0.15) is 9.61 Å². The molecule has 4 heterocycles. The van der Waals surface area contributed by atoms with E-state index in [2.05, 4.69) is 26.1 Å². The van der Waals surface area contributed by atoms with Crippen LogP contribution in [0.5, 0.6) is 0 Å². The summed E-state index contributed by atoms with van der Waals surface area (Å²) in [5.74, 6) is 2.01. The normalized spacial score (nSPS) is 19.0. The molecule has 2 aliphatic rings. The van der Waals surface area contributed by atoms with Crippen LogP contribution in [0.15, 0.2) is 29.3 Å². The van der Waals surface area contributed by atoms with Gasteiger partial charge in [0.1, 0.15) is 0 Å². The zero-order chi connectivity index (χ0) is 18.4. The number of hydrogen-bond donors (Lipinski definition) is 0. The summed E-state index contributed by atoms with van der Waals surface area (Å²) >= 11 is 0. The molecule has 27 heavy (non-hydrogen) atoms. The number of hydrogen-bond acceptors (Lipinski definition) is 6. The lowest BCUT2D eigenvalue weighted by atomic mass is 9.96. The molecule has 0 atom stereocenters. The first kappa shape index (κ1) is 16.6. The largest absolute Gasteiger partial charge is 0.347 e. The predicted octanol–water partition coefficient (Wildman–Crippen LogP) is 1.48. The summed E-state index contributed by atoms with van der Waals surface area (Å²) in [5, 5.41) is 13.6. The molecule has 0 bridgehead atoms. The van der Waals surface area contributed by atoms with Gasteiger partial charge in [-0.3, -0.25) is 4.90 Å². The Morgan fingerprint density at radius 2 is 1.89 bits per heavy atom. The van der Waals surface area contributed by atoms with Gasteiger partial charge in [0.25, 0.3) is 0 Å². The molecule has 1 aliphatic carbocycles. The van der Waals surface area contributed by atoms with Crippen LogP contribution in [-0.2, 0) is 13.6 Å². The third-order valence-electron chi connectivity index (χ3n) is 5.66. The topological polar surface area (TPSA) is 81.2 Å². The maximum absolute atomic E-state index is 11.4. The first-order valence-corrected chi connectivity index (χ1v) is 9.63. The van der Waals surface area contributed by atoms with Crippen molar-refractivity contribution >= 4 is 5.65 Å². The highest BCUT2D eigenvalue weighted by Gasteiger charge is 2.28. The van der Waals surface area contributed by atoms with Crippen LogP contribution in [-0.4, -0.2) is 47.4 Å². The molecular formula is C19H23N7O. The molecule has 3 aromatic heterocycles. The number of likely N-dealkylation sites (tertiary alicyclic amines) is 1. The van der Waals surface area contributed by atoms with E-state index in [9.17, 15) is 4.79 Å². The van der Waals surface area contributed by atoms with Gasteiger partial charge in [-0.15, -0.1) is 10.2 Å². The van der Waals surface area contributed by atoms with Crippen molar-refractivity contribution in [2.45, 2.75) is 44.1 Å². The minimum atomic E-state index is -0.214. The molecule has 140 valence electrons. The van der Waals surface area contributed by atoms with Gasteiger partial charge in [0, 0.05) is 43.4 Å². The molecule has 8 heteroatoms. The smallest absolute Gasteiger partial charge is 0.302 e. The van der Waals surface area contributed by atoms with Crippen LogP contribution in [0, 0.1) is 0 Å². The van der Waals surface area contributed by atoms with E-state index in [1.807, 2.05) is 16.8 Å². The van der Waals surface area contributed by atoms with Crippen molar-refractivity contribution in [2.75, 3.05) is 13.1 Å². The van der Waals surface area contributed by atoms with Crippen LogP contribution in [0.1, 0.15) is 54.6 Å². The summed E-state index contributed by atoms with van der Waals surface area (Å²) in [6.07, 6.45) is 8.12. The van der Waals surface area contributed by atoms with Crippen LogP contribution >= 0.6 is 0 Å². The standard InChI is InChI=1S/C19H23N7O/c1-24-11-13(10-20-19(24)27)12-25-8-6-15(7-9-25)18-22-21-17-5-4-16(14-2-3-14)23-26(17)18/h4-5,10-11,14-15H,2-3,6-9,12H2,1H3. The molecule has 5 rings (SSSR count). The number of aromatic nitrogens is 6. The van der Waals surface area contributed by atoms with Crippen molar-refractivity contribution in [1.82, 2.24) is 34.3 Å². The molecule has 0 N–H and O–H groups in total. The SMILES string of the molecule is Cn1cc(CN2CCC(c3nnc4ccc(C5CC5)nn34)CC2)cnc1=O. The van der Waals surface area contributed by atoms with Crippen molar-refractivity contribution in [2.24, 2.45) is 7.05 Å². The molecule has 2 fully saturated rings. The van der Waals surface area contributed by atoms with Crippen LogP contribution in [0.25, 0.3) is 5.65 Å². The zero-order valence-corrected chi connectivity index (χ0v) is 15.5. The van der Waals surface area contributed by atoms with Crippen molar-refractivity contribution in [1.29, 1.82) is 0 Å². The zero-order valence-electron chi connectivity index (χ0n) is 15.5. The van der Waals surface area contributed by atoms with Gasteiger partial charge in [-0.05, 0) is 50.9 Å². The van der Waals surface area contributed by atoms with Gasteiger partial charge in [0.15, 0.2) is 11.5 Å². The van der Waals surface area contributed by atoms with Crippen LogP contribution in [0.3, 0.4) is 0 Å². The van der Waals surface area contributed by atoms with E-state index in [0.717, 1.165) is 49.5 Å². The highest BCUT2D eigenvalue weighted by molar-refractivity contribution is 5.38. The number of piperidine rings is 1. The van der Waals surface area contributed by atoms with Gasteiger partial charge in [0.05, 0.1) is 5.69 Å². The van der Waals surface area contributed by atoms with E-state index in [-0.39, 0.29) is 5.69 Å². The van der Waals surface area contributed by atoms with E-state index in [1.54, 1.807) is 13.2 Å². The Labute approximate surface area is 156 Å². The van der Waals surface area contributed by atoms with E-state index in [4.69, 9.17) is 5.10 Å². The molecule has 1 saturated carbocycles. The van der Waals surface area contributed by atoms with Crippen molar-refractivity contribution in [3.05, 3.63) is 52.1 Å². The van der Waals surface area contributed by atoms with Gasteiger partial charge in [-0.1, -0.05) is 0 Å². The Morgan fingerprint density at radius 1 is 1.07 bits per heavy atom. The summed E-state index contributed by atoms with van der Waals surface area (Å²) in [4.78, 5) is 17.8. The highest BCUT2D eigenvalue weighted by Crippen LogP contribution is 2.39. The first-order chi connectivity index (χ1) is 13.2. The lowest BCUT2D eigenvalue weighted by Crippen LogP contribution is -2.33. The van der Waals surface area contributed by atoms with Crippen LogP contribution < -0.4 is 5.69 Å². The molecular weight excluding hydrogens is 342 g/mol. The van der Waals surface area contributed by atoms with Crippen molar-refractivity contribution in [3.63, 3.8) is 0 Å². The Hall–Kier alpha value is -2.61. The number of aryl methyl sites for hydroxylation is 1. The lowest BCUT2D eigenvalue weighted by molar-refractivity contribution is 0.200. The lowest BCUT2D eigenvalue weighted by Gasteiger charge is -2.30. The van der Waals surface area contributed by atoms with E-state index >= 15 is 0 Å². The van der Waals surface area contributed by atoms with E-state index in [1.165, 1.54) is 23.1 Å². The highest BCUT2D eigenvalue weighted by atomic mass is 16.1. The fourth-order valence-corrected chi connectivity index (χ4v) is 3.93. The monoisotopic (exact) mass is 365 g/mol. The maximum atomic E-state index is 11.4. The van der Waals surface area contributed by atoms with Crippen LogP contribution in [0.2, 0.25) is 0 Å². The summed E-state index contributed by atoms with van der Waals surface area (Å²) in [6.45, 7) is 2.80. The Morgan fingerprint density at radius 3 is 2.63 bits per heavy atom. The van der Waals surface area contributed by atoms with Gasteiger partial charge >= 0.3 is 5.69 Å². The first-order valence-electron chi connectivity index (χ1n) is 9.63. The fourth-order valence-electron chi connectivity index (χ4n) is 3.93. The molecule has 3 aromatic rings. The van der Waals surface area contributed by atoms with E-state index < -0.39 is 0 Å². The fraction of sp³-hybridized carbons (Fsp3) is 0.526. The molecule has 0 spiro atoms. The second-order valence-electron chi connectivity index (χ2n) is 7.77. The summed E-state index contributed by atoms with van der Waals surface area (Å²) in [5.41, 5.74) is 2.87. The summed E-state index contributed by atoms with van der Waals surface area (Å²) in [7, 11) is 1.74. The number of fused-ring (bicyclic) bond motifs is 1. The Kier molecular flexibility index (Phi) is 4.00. The summed E-state index contributed by atoms with van der Waals surface area (Å²) in [6, 6.07) is 4.13. The number of rotatable bonds is 4. The third kappa shape index (κ3) is 3.25. The predicted molar refractivity (Wildman–Crippen MR) is 99.5 cm³/mol. The second kappa shape index (κ2) is 6.53. The average Bonchev–Trinajstić information content (AvgIpc) is 3.45. The molecule has 1 saturated heterocycles. The second-order valence-corrected chi connectivity index (χ2v) is 7.77. The third-order valence-corrected chi connectivity index (χ3v) is 5.66. The Balaban J connectivity index is 1.28. The van der Waals surface area contributed by atoms with Crippen molar-refractivity contribution in [3.8, 4) is 0 Å². The summed E-state index contributed by atoms with van der Waals surface area (Å²) < 4.78 is 3.50. The average molecular weight is 365 g/mol. The minimum absolute atomic E-state index is 0.214. The maximum Gasteiger partial charge on any atom is 0.347 e. The van der Waals surface area contributed by atoms with Crippen molar-refractivity contribution < 1.29 is 0 Å². The van der Waals surface area contributed by atoms with Crippen LogP contribution in [0.4, 0.5) is 0 Å². The Bertz CT molecular complexity index is 1030. The molecule has 0 unspecified atom stereocenters. The molecule has 1 aliphatic heterocycles. The quantitative estimate of drug-likeness (QED) is 0.697. The number of nitrogens with zero attached hydrogens (tertiary/aromatic N) is 7. The van der Waals surface area contributed by atoms with Gasteiger partial charge in [0.2, 0.25) is 0 Å². The molecule has 0 radical (unpaired) electrons. The van der Waals surface area contributed by atoms with Gasteiger partial charge in [-0.25, -0.2) is 9.78 Å². The molecule has 8 nitrogen and oxygen atoms in total. The van der Waals surface area contributed by atoms with Gasteiger partial charge < -0.3 is 4.57 Å².